The molecule has 0 aromatic carbocycles. The van der Waals surface area contributed by atoms with E-state index in [1.165, 1.54) is 14.0 Å². The minimum absolute atomic E-state index is 0.0231. The zero-order valence-electron chi connectivity index (χ0n) is 38.2. The molecule has 1 rings (SSSR count). The number of nitrogens with one attached hydrogen (secondary N) is 4. The molecule has 1 aliphatic rings. The van der Waals surface area contributed by atoms with E-state index in [4.69, 9.17) is 19.3 Å². The SMILES string of the molecule is CC[C@H](C)[C@@H]([C@@H](CC(=O)NCCC[C@@H]1C[C@@]1(OC)[C@@H](C)C(=O)N[C@@H](C)C(=O)O)OC)N(C)C(=O)[C@@H](NC(=O)[C@H](C(C)C)N(C)CCCNC(=O)OC(C)(C)C)C(C)C. The number of hydrogen-bond donors (Lipinski definition) is 5. The molecule has 0 radical (unpaired) electrons. The molecule has 1 saturated carbocycles. The monoisotopic (exact) mass is 827 g/mol. The summed E-state index contributed by atoms with van der Waals surface area (Å²) < 4.78 is 17.0. The van der Waals surface area contributed by atoms with E-state index in [2.05, 4.69) is 21.3 Å². The van der Waals surface area contributed by atoms with Crippen molar-refractivity contribution in [3.05, 3.63) is 0 Å². The number of amides is 5. The largest absolute Gasteiger partial charge is 0.480 e. The number of carbonyl (C=O) groups is 6. The Balaban J connectivity index is 2.91. The van der Waals surface area contributed by atoms with E-state index >= 15 is 0 Å². The Hall–Kier alpha value is -3.50. The van der Waals surface area contributed by atoms with Crippen molar-refractivity contribution in [2.45, 2.75) is 156 Å². The van der Waals surface area contributed by atoms with Crippen LogP contribution in [0.5, 0.6) is 0 Å². The van der Waals surface area contributed by atoms with Crippen molar-refractivity contribution in [2.24, 2.45) is 29.6 Å². The molecule has 0 aromatic rings. The zero-order chi connectivity index (χ0) is 44.7. The highest BCUT2D eigenvalue weighted by atomic mass is 16.6. The van der Waals surface area contributed by atoms with Gasteiger partial charge < -0.3 is 45.5 Å². The molecule has 0 heterocycles. The number of aliphatic carboxylic acids is 1. The average Bonchev–Trinajstić information content (AvgIpc) is 3.85. The van der Waals surface area contributed by atoms with Gasteiger partial charge in [0, 0.05) is 40.9 Å². The smallest absolute Gasteiger partial charge is 0.407 e. The van der Waals surface area contributed by atoms with Gasteiger partial charge in [0.25, 0.3) is 0 Å². The summed E-state index contributed by atoms with van der Waals surface area (Å²) in [6.45, 7) is 21.6. The highest BCUT2D eigenvalue weighted by Crippen LogP contribution is 2.54. The van der Waals surface area contributed by atoms with Crippen LogP contribution in [-0.2, 0) is 38.2 Å². The van der Waals surface area contributed by atoms with Gasteiger partial charge in [0.1, 0.15) is 17.7 Å². The molecular weight excluding hydrogens is 748 g/mol. The molecule has 0 aliphatic heterocycles. The van der Waals surface area contributed by atoms with E-state index in [-0.39, 0.29) is 53.7 Å². The molecule has 58 heavy (non-hydrogen) atoms. The Kier molecular flexibility index (Phi) is 21.7. The van der Waals surface area contributed by atoms with E-state index < -0.39 is 59.5 Å². The van der Waals surface area contributed by atoms with Gasteiger partial charge in [0.2, 0.25) is 23.6 Å². The summed E-state index contributed by atoms with van der Waals surface area (Å²) in [4.78, 5) is 81.0. The first kappa shape index (κ1) is 52.5. The number of alkyl carbamates (subject to hydrolysis) is 1. The predicted molar refractivity (Wildman–Crippen MR) is 223 cm³/mol. The van der Waals surface area contributed by atoms with E-state index in [0.717, 1.165) is 6.42 Å². The van der Waals surface area contributed by atoms with Crippen molar-refractivity contribution >= 4 is 35.7 Å². The molecule has 1 aliphatic carbocycles. The highest BCUT2D eigenvalue weighted by Gasteiger charge is 2.59. The summed E-state index contributed by atoms with van der Waals surface area (Å²) >= 11 is 0. The number of hydrogen-bond acceptors (Lipinski definition) is 10. The van der Waals surface area contributed by atoms with E-state index in [0.29, 0.717) is 45.3 Å². The van der Waals surface area contributed by atoms with Crippen LogP contribution in [-0.4, -0.2) is 140 Å². The molecule has 16 heteroatoms. The Labute approximate surface area is 348 Å². The topological polar surface area (TPSA) is 205 Å². The van der Waals surface area contributed by atoms with Crippen LogP contribution >= 0.6 is 0 Å². The van der Waals surface area contributed by atoms with Crippen LogP contribution in [0.2, 0.25) is 0 Å². The molecule has 5 N–H and O–H groups in total. The Morgan fingerprint density at radius 1 is 0.862 bits per heavy atom. The van der Waals surface area contributed by atoms with Crippen molar-refractivity contribution < 1.29 is 48.1 Å². The van der Waals surface area contributed by atoms with Gasteiger partial charge in [-0.3, -0.25) is 28.9 Å². The predicted octanol–water partition coefficient (Wildman–Crippen LogP) is 3.80. The van der Waals surface area contributed by atoms with Crippen molar-refractivity contribution in [1.29, 1.82) is 0 Å². The lowest BCUT2D eigenvalue weighted by Crippen LogP contribution is -2.60. The second kappa shape index (κ2) is 23.9. The van der Waals surface area contributed by atoms with Crippen LogP contribution < -0.4 is 21.3 Å². The summed E-state index contributed by atoms with van der Waals surface area (Å²) in [6.07, 6.45) is 2.25. The second-order valence-corrected chi connectivity index (χ2v) is 17.8. The molecule has 336 valence electrons. The molecular formula is C42H78N6O10. The van der Waals surface area contributed by atoms with Crippen LogP contribution in [0.15, 0.2) is 0 Å². The van der Waals surface area contributed by atoms with E-state index in [1.807, 2.05) is 53.5 Å². The fraction of sp³-hybridized carbons (Fsp3) is 0.857. The zero-order valence-corrected chi connectivity index (χ0v) is 38.2. The van der Waals surface area contributed by atoms with Gasteiger partial charge in [-0.2, -0.15) is 0 Å². The lowest BCUT2D eigenvalue weighted by atomic mass is 9.89. The average molecular weight is 827 g/mol. The number of methoxy groups -OCH3 is 2. The first-order valence-electron chi connectivity index (χ1n) is 21.0. The van der Waals surface area contributed by atoms with Crippen LogP contribution in [0, 0.1) is 29.6 Å². The van der Waals surface area contributed by atoms with Gasteiger partial charge in [-0.05, 0) is 84.1 Å². The van der Waals surface area contributed by atoms with Gasteiger partial charge in [-0.15, -0.1) is 0 Å². The molecule has 0 spiro atoms. The van der Waals surface area contributed by atoms with Gasteiger partial charge in [-0.25, -0.2) is 4.79 Å². The summed E-state index contributed by atoms with van der Waals surface area (Å²) in [5, 5.41) is 20.5. The standard InChI is InChI=1S/C42H78N6O10/c1-16-27(6)35(31(56-14)23-32(49)43-20-17-19-30-24-42(30,57-15)28(7)36(50)45-29(8)39(53)54)48(13)38(52)33(25(2)3)46-37(51)34(26(4)5)47(12)22-18-21-44-40(55)58-41(9,10)11/h25-31,33-35H,16-24H2,1-15H3,(H,43,49)(H,44,55)(H,45,50)(H,46,51)(H,53,54)/t27-,28-,29-,30+,31+,33-,34-,35-,42+/m0/s1. The van der Waals surface area contributed by atoms with Crippen molar-refractivity contribution in [3.63, 3.8) is 0 Å². The molecule has 0 aromatic heterocycles. The lowest BCUT2D eigenvalue weighted by molar-refractivity contribution is -0.144. The summed E-state index contributed by atoms with van der Waals surface area (Å²) in [6, 6.07) is -2.81. The fourth-order valence-corrected chi connectivity index (χ4v) is 7.77. The number of likely N-dealkylation sites (N-methyl/N-ethyl adjacent to an activating group) is 2. The molecule has 0 bridgehead atoms. The van der Waals surface area contributed by atoms with Gasteiger partial charge in [0.15, 0.2) is 0 Å². The molecule has 9 atom stereocenters. The maximum absolute atomic E-state index is 14.3. The third-order valence-electron chi connectivity index (χ3n) is 11.4. The number of carboxylic acids is 1. The van der Waals surface area contributed by atoms with E-state index in [1.54, 1.807) is 46.8 Å². The van der Waals surface area contributed by atoms with E-state index in [9.17, 15) is 28.8 Å². The third kappa shape index (κ3) is 15.9. The summed E-state index contributed by atoms with van der Waals surface area (Å²) in [5.41, 5.74) is -1.27. The maximum atomic E-state index is 14.3. The summed E-state index contributed by atoms with van der Waals surface area (Å²) in [5.74, 6) is -3.00. The molecule has 5 amide bonds. The Morgan fingerprint density at radius 3 is 1.97 bits per heavy atom. The highest BCUT2D eigenvalue weighted by molar-refractivity contribution is 5.90. The first-order chi connectivity index (χ1) is 26.9. The quantitative estimate of drug-likeness (QED) is 0.0794. The summed E-state index contributed by atoms with van der Waals surface area (Å²) in [7, 11) is 6.65. The number of ether oxygens (including phenoxy) is 3. The molecule has 16 nitrogen and oxygen atoms in total. The first-order valence-corrected chi connectivity index (χ1v) is 21.0. The second-order valence-electron chi connectivity index (χ2n) is 17.8. The van der Waals surface area contributed by atoms with Gasteiger partial charge in [0.05, 0.1) is 36.1 Å². The lowest BCUT2D eigenvalue weighted by Gasteiger charge is -2.40. The van der Waals surface area contributed by atoms with Crippen LogP contribution in [0.25, 0.3) is 0 Å². The number of nitrogens with zero attached hydrogens (tertiary/aromatic N) is 2. The van der Waals surface area contributed by atoms with Crippen LogP contribution in [0.1, 0.15) is 115 Å². The number of carbonyl (C=O) groups excluding carboxylic acids is 5. The normalized spacial score (nSPS) is 20.3. The molecule has 0 unspecified atom stereocenters. The minimum atomic E-state index is -1.11. The van der Waals surface area contributed by atoms with Gasteiger partial charge in [-0.1, -0.05) is 54.9 Å². The van der Waals surface area contributed by atoms with Crippen molar-refractivity contribution in [2.75, 3.05) is 47.9 Å². The van der Waals surface area contributed by atoms with Crippen molar-refractivity contribution in [3.8, 4) is 0 Å². The number of carboxylic acid groups (broad SMARTS) is 1. The van der Waals surface area contributed by atoms with Crippen LogP contribution in [0.4, 0.5) is 4.79 Å². The minimum Gasteiger partial charge on any atom is -0.480 e. The molecule has 0 saturated heterocycles. The molecule has 1 fully saturated rings. The fourth-order valence-electron chi connectivity index (χ4n) is 7.77. The Morgan fingerprint density at radius 2 is 1.47 bits per heavy atom. The van der Waals surface area contributed by atoms with Crippen LogP contribution in [0.3, 0.4) is 0 Å². The maximum Gasteiger partial charge on any atom is 0.407 e. The van der Waals surface area contributed by atoms with Gasteiger partial charge >= 0.3 is 12.1 Å². The third-order valence-corrected chi connectivity index (χ3v) is 11.4. The van der Waals surface area contributed by atoms with Crippen molar-refractivity contribution in [1.82, 2.24) is 31.1 Å². The number of rotatable bonds is 26. The Bertz CT molecular complexity index is 1360.